The highest BCUT2D eigenvalue weighted by Crippen LogP contribution is 2.29. The van der Waals surface area contributed by atoms with E-state index in [0.29, 0.717) is 15.8 Å². The Balaban J connectivity index is 1.72. The van der Waals surface area contributed by atoms with E-state index in [1.54, 1.807) is 30.3 Å². The van der Waals surface area contributed by atoms with Crippen LogP contribution >= 0.6 is 11.8 Å². The van der Waals surface area contributed by atoms with Crippen LogP contribution in [0.15, 0.2) is 52.4 Å². The van der Waals surface area contributed by atoms with Crippen molar-refractivity contribution in [2.75, 3.05) is 0 Å². The van der Waals surface area contributed by atoms with E-state index in [2.05, 4.69) is 10.3 Å². The number of carboxylic acid groups (broad SMARTS) is 1. The first kappa shape index (κ1) is 19.7. The number of hydrogen-bond acceptors (Lipinski definition) is 5. The smallest absolute Gasteiger partial charge is 0.344 e. The molecule has 28 heavy (non-hydrogen) atoms. The summed E-state index contributed by atoms with van der Waals surface area (Å²) in [5.41, 5.74) is 3.94. The maximum absolute atomic E-state index is 12.2. The average Bonchev–Trinajstić information content (AvgIpc) is 2.98. The van der Waals surface area contributed by atoms with E-state index in [9.17, 15) is 9.59 Å². The lowest BCUT2D eigenvalue weighted by molar-refractivity contribution is -0.144. The highest BCUT2D eigenvalue weighted by Gasteiger charge is 2.23. The first-order chi connectivity index (χ1) is 13.3. The molecule has 2 aromatic rings. The van der Waals surface area contributed by atoms with Crippen LogP contribution in [0.5, 0.6) is 5.75 Å². The molecule has 2 aromatic carbocycles. The van der Waals surface area contributed by atoms with E-state index in [4.69, 9.17) is 9.84 Å². The number of amides is 1. The molecule has 0 unspecified atom stereocenters. The summed E-state index contributed by atoms with van der Waals surface area (Å²) in [6, 6.07) is 12.8. The number of carbonyl (C=O) groups excluding carboxylic acids is 1. The molecule has 1 saturated heterocycles. The highest BCUT2D eigenvalue weighted by molar-refractivity contribution is 8.18. The average molecular weight is 396 g/mol. The van der Waals surface area contributed by atoms with Crippen LogP contribution in [0.3, 0.4) is 0 Å². The van der Waals surface area contributed by atoms with Crippen molar-refractivity contribution in [2.45, 2.75) is 26.9 Å². The monoisotopic (exact) mass is 396 g/mol. The van der Waals surface area contributed by atoms with Gasteiger partial charge in [-0.1, -0.05) is 18.2 Å². The van der Waals surface area contributed by atoms with Gasteiger partial charge in [0.2, 0.25) is 0 Å². The zero-order valence-electron chi connectivity index (χ0n) is 15.7. The quantitative estimate of drug-likeness (QED) is 0.745. The number of carboxylic acids is 1. The van der Waals surface area contributed by atoms with E-state index in [-0.39, 0.29) is 5.91 Å². The normalized spacial score (nSPS) is 17.6. The largest absolute Gasteiger partial charge is 0.479 e. The van der Waals surface area contributed by atoms with Gasteiger partial charge in [0.1, 0.15) is 5.75 Å². The van der Waals surface area contributed by atoms with Crippen molar-refractivity contribution in [1.29, 1.82) is 0 Å². The van der Waals surface area contributed by atoms with E-state index >= 15 is 0 Å². The van der Waals surface area contributed by atoms with Gasteiger partial charge in [-0.2, -0.15) is 0 Å². The first-order valence-electron chi connectivity index (χ1n) is 8.68. The summed E-state index contributed by atoms with van der Waals surface area (Å²) in [5, 5.41) is 12.2. The highest BCUT2D eigenvalue weighted by atomic mass is 32.2. The van der Waals surface area contributed by atoms with Crippen LogP contribution < -0.4 is 10.1 Å². The number of rotatable bonds is 5. The molecule has 0 radical (unpaired) electrons. The summed E-state index contributed by atoms with van der Waals surface area (Å²) in [6.07, 6.45) is 0.831. The Morgan fingerprint density at radius 2 is 1.89 bits per heavy atom. The van der Waals surface area contributed by atoms with Crippen molar-refractivity contribution in [2.24, 2.45) is 4.99 Å². The molecule has 1 aliphatic heterocycles. The van der Waals surface area contributed by atoms with Crippen molar-refractivity contribution in [3.05, 3.63) is 64.1 Å². The summed E-state index contributed by atoms with van der Waals surface area (Å²) in [5.74, 6) is -0.772. The van der Waals surface area contributed by atoms with Gasteiger partial charge < -0.3 is 15.2 Å². The third-order valence-corrected chi connectivity index (χ3v) is 5.12. The molecule has 2 N–H and O–H groups in total. The summed E-state index contributed by atoms with van der Waals surface area (Å²) >= 11 is 1.28. The van der Waals surface area contributed by atoms with Crippen molar-refractivity contribution in [3.8, 4) is 5.75 Å². The zero-order valence-corrected chi connectivity index (χ0v) is 16.5. The Bertz CT molecular complexity index is 980. The first-order valence-corrected chi connectivity index (χ1v) is 9.50. The molecule has 1 heterocycles. The Kier molecular flexibility index (Phi) is 5.84. The van der Waals surface area contributed by atoms with E-state index < -0.39 is 12.1 Å². The van der Waals surface area contributed by atoms with Crippen molar-refractivity contribution in [1.82, 2.24) is 5.32 Å². The molecule has 1 atom stereocenters. The summed E-state index contributed by atoms with van der Waals surface area (Å²) in [7, 11) is 0. The molecule has 1 amide bonds. The van der Waals surface area contributed by atoms with E-state index in [0.717, 1.165) is 16.8 Å². The maximum atomic E-state index is 12.2. The third kappa shape index (κ3) is 4.80. The zero-order chi connectivity index (χ0) is 20.3. The number of benzene rings is 2. The Morgan fingerprint density at radius 1 is 1.18 bits per heavy atom. The number of thioether (sulfide) groups is 1. The van der Waals surface area contributed by atoms with Crippen LogP contribution in [0, 0.1) is 13.8 Å². The minimum atomic E-state index is -1.03. The van der Waals surface area contributed by atoms with Gasteiger partial charge in [-0.05, 0) is 79.6 Å². The van der Waals surface area contributed by atoms with Crippen molar-refractivity contribution in [3.63, 3.8) is 0 Å². The van der Waals surface area contributed by atoms with Gasteiger partial charge >= 0.3 is 5.97 Å². The maximum Gasteiger partial charge on any atom is 0.344 e. The number of aliphatic imine (C=N–C) groups is 1. The van der Waals surface area contributed by atoms with Gasteiger partial charge in [-0.15, -0.1) is 0 Å². The minimum absolute atomic E-state index is 0.201. The summed E-state index contributed by atoms with van der Waals surface area (Å²) < 4.78 is 5.30. The van der Waals surface area contributed by atoms with Gasteiger partial charge in [-0.3, -0.25) is 4.79 Å². The van der Waals surface area contributed by atoms with Gasteiger partial charge in [0.15, 0.2) is 11.3 Å². The molecule has 144 valence electrons. The number of aliphatic carboxylic acids is 1. The fourth-order valence-electron chi connectivity index (χ4n) is 2.44. The molecule has 0 spiro atoms. The summed E-state index contributed by atoms with van der Waals surface area (Å²) in [6.45, 7) is 5.53. The Labute approximate surface area is 167 Å². The van der Waals surface area contributed by atoms with Gasteiger partial charge in [-0.25, -0.2) is 9.79 Å². The van der Waals surface area contributed by atoms with Crippen molar-refractivity contribution < 1.29 is 19.4 Å². The van der Waals surface area contributed by atoms with Crippen molar-refractivity contribution >= 4 is 40.6 Å². The van der Waals surface area contributed by atoms with Crippen LogP contribution in [0.4, 0.5) is 5.69 Å². The predicted molar refractivity (Wildman–Crippen MR) is 111 cm³/mol. The number of nitrogens with zero attached hydrogens (tertiary/aromatic N) is 1. The fraction of sp³-hybridized carbons (Fsp3) is 0.190. The molecule has 0 aliphatic carbocycles. The molecule has 0 aromatic heterocycles. The molecule has 6 nitrogen and oxygen atoms in total. The molecule has 0 bridgehead atoms. The van der Waals surface area contributed by atoms with Gasteiger partial charge in [0.05, 0.1) is 10.6 Å². The number of carbonyl (C=O) groups is 2. The predicted octanol–water partition coefficient (Wildman–Crippen LogP) is 4.05. The van der Waals surface area contributed by atoms with Crippen LogP contribution in [0.2, 0.25) is 0 Å². The topological polar surface area (TPSA) is 88.0 Å². The number of amidine groups is 1. The Morgan fingerprint density at radius 3 is 2.54 bits per heavy atom. The van der Waals surface area contributed by atoms with Crippen LogP contribution in [0.1, 0.15) is 23.6 Å². The minimum Gasteiger partial charge on any atom is -0.479 e. The van der Waals surface area contributed by atoms with E-state index in [1.807, 2.05) is 32.0 Å². The van der Waals surface area contributed by atoms with Crippen LogP contribution in [-0.4, -0.2) is 28.3 Å². The molecule has 1 aliphatic rings. The summed E-state index contributed by atoms with van der Waals surface area (Å²) in [4.78, 5) is 28.1. The molecular formula is C21H20N2O4S. The SMILES string of the molecule is Cc1ccc(N=C2NC(=O)/C(=C\c3ccc(O[C@H](C)C(=O)O)cc3)S2)cc1C. The standard InChI is InChI=1S/C21H20N2O4S/c1-12-4-7-16(10-13(12)2)22-21-23-19(24)18(28-21)11-15-5-8-17(9-6-15)27-14(3)20(25)26/h4-11,14H,1-3H3,(H,25,26)(H,22,23,24)/b18-11+/t14-/m1/s1. The number of hydrogen-bond donors (Lipinski definition) is 2. The fourth-order valence-corrected chi connectivity index (χ4v) is 3.28. The number of aryl methyl sites for hydroxylation is 2. The van der Waals surface area contributed by atoms with E-state index in [1.165, 1.54) is 24.2 Å². The molecule has 1 fully saturated rings. The lowest BCUT2D eigenvalue weighted by atomic mass is 10.1. The molecule has 0 saturated carbocycles. The number of nitrogens with one attached hydrogen (secondary N) is 1. The second-order valence-corrected chi connectivity index (χ2v) is 7.45. The van der Waals surface area contributed by atoms with Crippen LogP contribution in [0.25, 0.3) is 6.08 Å². The third-order valence-electron chi connectivity index (χ3n) is 4.21. The second-order valence-electron chi connectivity index (χ2n) is 6.42. The second kappa shape index (κ2) is 8.31. The number of ether oxygens (including phenoxy) is 1. The van der Waals surface area contributed by atoms with Gasteiger partial charge in [0, 0.05) is 0 Å². The molecule has 7 heteroatoms. The van der Waals surface area contributed by atoms with Crippen LogP contribution in [-0.2, 0) is 9.59 Å². The molecular weight excluding hydrogens is 376 g/mol. The lowest BCUT2D eigenvalue weighted by Crippen LogP contribution is -2.22. The molecule has 3 rings (SSSR count). The van der Waals surface area contributed by atoms with Gasteiger partial charge in [0.25, 0.3) is 5.91 Å². The Hall–Kier alpha value is -3.06. The lowest BCUT2D eigenvalue weighted by Gasteiger charge is -2.10.